The lowest BCUT2D eigenvalue weighted by Gasteiger charge is -2.19. The van der Waals surface area contributed by atoms with Gasteiger partial charge in [-0.3, -0.25) is 4.79 Å². The fourth-order valence-electron chi connectivity index (χ4n) is 3.93. The highest BCUT2D eigenvalue weighted by Crippen LogP contribution is 2.34. The number of carbonyl (C=O) groups excluding carboxylic acids is 3. The predicted molar refractivity (Wildman–Crippen MR) is 111 cm³/mol. The van der Waals surface area contributed by atoms with E-state index in [1.807, 2.05) is 6.07 Å². The number of esters is 2. The summed E-state index contributed by atoms with van der Waals surface area (Å²) in [4.78, 5) is 42.1. The molecule has 2 atom stereocenters. The van der Waals surface area contributed by atoms with Gasteiger partial charge in [0.2, 0.25) is 5.78 Å². The van der Waals surface area contributed by atoms with E-state index in [1.54, 1.807) is 20.8 Å². The molecule has 2 aromatic rings. The van der Waals surface area contributed by atoms with Crippen molar-refractivity contribution in [1.82, 2.24) is 4.98 Å². The number of thiophene rings is 1. The number of aryl methyl sites for hydroxylation is 2. The molecule has 29 heavy (non-hydrogen) atoms. The van der Waals surface area contributed by atoms with Crippen LogP contribution in [0.1, 0.15) is 78.9 Å². The number of nitrogens with one attached hydrogen (secondary N) is 1. The Hall–Kier alpha value is -2.41. The summed E-state index contributed by atoms with van der Waals surface area (Å²) >= 11 is 1.47. The fraction of sp³-hybridized carbons (Fsp3) is 0.500. The third kappa shape index (κ3) is 4.15. The second-order valence-electron chi connectivity index (χ2n) is 7.60. The Kier molecular flexibility index (Phi) is 6.27. The molecule has 0 unspecified atom stereocenters. The molecule has 1 aliphatic carbocycles. The van der Waals surface area contributed by atoms with Crippen LogP contribution in [0.15, 0.2) is 6.07 Å². The number of Topliss-reactive ketones (excluding diaryl/α,β-unsaturated/α-hetero) is 1. The van der Waals surface area contributed by atoms with E-state index in [0.717, 1.165) is 25.7 Å². The Balaban J connectivity index is 1.73. The molecule has 7 heteroatoms. The number of hydrogen-bond donors (Lipinski definition) is 1. The predicted octanol–water partition coefficient (Wildman–Crippen LogP) is 4.42. The van der Waals surface area contributed by atoms with Crippen LogP contribution in [0.2, 0.25) is 0 Å². The van der Waals surface area contributed by atoms with E-state index in [1.165, 1.54) is 28.9 Å². The number of fused-ring (bicyclic) bond motifs is 1. The third-order valence-electron chi connectivity index (χ3n) is 5.69. The summed E-state index contributed by atoms with van der Waals surface area (Å²) in [5.41, 5.74) is 2.88. The molecule has 1 N–H and O–H groups in total. The van der Waals surface area contributed by atoms with Crippen LogP contribution in [0, 0.1) is 19.8 Å². The van der Waals surface area contributed by atoms with Crippen molar-refractivity contribution in [2.45, 2.75) is 59.5 Å². The lowest BCUT2D eigenvalue weighted by molar-refractivity contribution is 0.0321. The summed E-state index contributed by atoms with van der Waals surface area (Å²) in [6.07, 6.45) is 3.33. The highest BCUT2D eigenvalue weighted by molar-refractivity contribution is 7.14. The molecule has 0 saturated carbocycles. The van der Waals surface area contributed by atoms with Crippen LogP contribution >= 0.6 is 11.3 Å². The van der Waals surface area contributed by atoms with Crippen molar-refractivity contribution in [3.8, 4) is 0 Å². The number of aromatic amines is 1. The monoisotopic (exact) mass is 417 g/mol. The molecule has 0 bridgehead atoms. The minimum absolute atomic E-state index is 0.263. The van der Waals surface area contributed by atoms with Crippen molar-refractivity contribution < 1.29 is 23.9 Å². The van der Waals surface area contributed by atoms with Crippen LogP contribution in [0.25, 0.3) is 0 Å². The van der Waals surface area contributed by atoms with Gasteiger partial charge in [-0.15, -0.1) is 11.3 Å². The second-order valence-corrected chi connectivity index (χ2v) is 8.74. The quantitative estimate of drug-likeness (QED) is 0.555. The SMILES string of the molecule is CC[C@H]1CCc2sc(C(=O)O[C@H](C)C(=O)c3[nH]c(C)c(C(=O)OC)c3C)cc2C1. The van der Waals surface area contributed by atoms with E-state index in [4.69, 9.17) is 9.47 Å². The zero-order valence-electron chi connectivity index (χ0n) is 17.5. The van der Waals surface area contributed by atoms with Crippen molar-refractivity contribution in [3.05, 3.63) is 43.9 Å². The third-order valence-corrected chi connectivity index (χ3v) is 6.91. The molecule has 3 rings (SSSR count). The van der Waals surface area contributed by atoms with Crippen LogP contribution < -0.4 is 0 Å². The maximum Gasteiger partial charge on any atom is 0.349 e. The highest BCUT2D eigenvalue weighted by Gasteiger charge is 2.29. The number of aromatic nitrogens is 1. The first kappa shape index (κ1) is 21.3. The number of carbonyl (C=O) groups is 3. The molecule has 0 saturated heterocycles. The van der Waals surface area contributed by atoms with Gasteiger partial charge in [0.15, 0.2) is 6.10 Å². The van der Waals surface area contributed by atoms with Gasteiger partial charge in [-0.1, -0.05) is 13.3 Å². The number of hydrogen-bond acceptors (Lipinski definition) is 6. The van der Waals surface area contributed by atoms with E-state index in [-0.39, 0.29) is 11.5 Å². The van der Waals surface area contributed by atoms with Crippen LogP contribution in [-0.2, 0) is 22.3 Å². The molecule has 1 aliphatic rings. The molecule has 2 heterocycles. The molecule has 0 spiro atoms. The van der Waals surface area contributed by atoms with Gasteiger partial charge < -0.3 is 14.5 Å². The molecule has 6 nitrogen and oxygen atoms in total. The normalized spacial score (nSPS) is 16.8. The molecule has 0 amide bonds. The lowest BCUT2D eigenvalue weighted by Crippen LogP contribution is -2.25. The average Bonchev–Trinajstić information content (AvgIpc) is 3.26. The van der Waals surface area contributed by atoms with Crippen molar-refractivity contribution in [2.75, 3.05) is 7.11 Å². The van der Waals surface area contributed by atoms with E-state index < -0.39 is 18.0 Å². The molecular weight excluding hydrogens is 390 g/mol. The minimum atomic E-state index is -0.965. The number of methoxy groups -OCH3 is 1. The summed E-state index contributed by atoms with van der Waals surface area (Å²) in [6.45, 7) is 7.12. The van der Waals surface area contributed by atoms with Crippen molar-refractivity contribution in [1.29, 1.82) is 0 Å². The first-order valence-electron chi connectivity index (χ1n) is 9.91. The standard InChI is InChI=1S/C22H27NO5S/c1-6-14-7-8-16-15(9-14)10-17(29-16)21(25)28-13(4)20(24)19-11(2)18(12(3)23-19)22(26)27-5/h10,13-14,23H,6-9H2,1-5H3/t13-,14+/m1/s1. The van der Waals surface area contributed by atoms with E-state index in [0.29, 0.717) is 27.6 Å². The Morgan fingerprint density at radius 3 is 2.66 bits per heavy atom. The van der Waals surface area contributed by atoms with Crippen LogP contribution in [0.5, 0.6) is 0 Å². The zero-order valence-corrected chi connectivity index (χ0v) is 18.3. The largest absolute Gasteiger partial charge is 0.465 e. The summed E-state index contributed by atoms with van der Waals surface area (Å²) in [7, 11) is 1.30. The number of rotatable bonds is 6. The number of H-pyrrole nitrogens is 1. The summed E-state index contributed by atoms with van der Waals surface area (Å²) < 4.78 is 10.2. The topological polar surface area (TPSA) is 85.5 Å². The van der Waals surface area contributed by atoms with Gasteiger partial charge in [-0.25, -0.2) is 9.59 Å². The zero-order chi connectivity index (χ0) is 21.3. The van der Waals surface area contributed by atoms with Gasteiger partial charge in [0.05, 0.1) is 18.4 Å². The van der Waals surface area contributed by atoms with Gasteiger partial charge in [-0.2, -0.15) is 0 Å². The molecule has 0 aliphatic heterocycles. The Morgan fingerprint density at radius 1 is 1.28 bits per heavy atom. The van der Waals surface area contributed by atoms with E-state index in [2.05, 4.69) is 11.9 Å². The van der Waals surface area contributed by atoms with Crippen LogP contribution in [0.4, 0.5) is 0 Å². The van der Waals surface area contributed by atoms with Crippen molar-refractivity contribution in [3.63, 3.8) is 0 Å². The molecule has 0 fully saturated rings. The first-order valence-corrected chi connectivity index (χ1v) is 10.7. The number of ether oxygens (including phenoxy) is 2. The molecule has 0 aromatic carbocycles. The highest BCUT2D eigenvalue weighted by atomic mass is 32.1. The average molecular weight is 418 g/mol. The molecule has 2 aromatic heterocycles. The maximum absolute atomic E-state index is 12.8. The van der Waals surface area contributed by atoms with Crippen LogP contribution in [-0.4, -0.2) is 35.9 Å². The van der Waals surface area contributed by atoms with Gasteiger partial charge in [0.25, 0.3) is 0 Å². The smallest absolute Gasteiger partial charge is 0.349 e. The van der Waals surface area contributed by atoms with Gasteiger partial charge in [-0.05, 0) is 63.1 Å². The summed E-state index contributed by atoms with van der Waals surface area (Å²) in [6, 6.07) is 1.92. The Labute approximate surface area is 174 Å². The van der Waals surface area contributed by atoms with Crippen molar-refractivity contribution >= 4 is 29.1 Å². The lowest BCUT2D eigenvalue weighted by atomic mass is 9.87. The van der Waals surface area contributed by atoms with Crippen LogP contribution in [0.3, 0.4) is 0 Å². The van der Waals surface area contributed by atoms with Gasteiger partial charge in [0, 0.05) is 10.6 Å². The first-order chi connectivity index (χ1) is 13.8. The maximum atomic E-state index is 12.8. The van der Waals surface area contributed by atoms with Gasteiger partial charge in [0.1, 0.15) is 4.88 Å². The van der Waals surface area contributed by atoms with Crippen molar-refractivity contribution in [2.24, 2.45) is 5.92 Å². The minimum Gasteiger partial charge on any atom is -0.465 e. The fourth-order valence-corrected chi connectivity index (χ4v) is 5.02. The second kappa shape index (κ2) is 8.53. The summed E-state index contributed by atoms with van der Waals surface area (Å²) in [5.74, 6) is -0.687. The van der Waals surface area contributed by atoms with Gasteiger partial charge >= 0.3 is 11.9 Å². The number of ketones is 1. The van der Waals surface area contributed by atoms with E-state index >= 15 is 0 Å². The molecular formula is C22H27NO5S. The molecule has 0 radical (unpaired) electrons. The summed E-state index contributed by atoms with van der Waals surface area (Å²) in [5, 5.41) is 0. The van der Waals surface area contributed by atoms with E-state index in [9.17, 15) is 14.4 Å². The Bertz CT molecular complexity index is 955. The Morgan fingerprint density at radius 2 is 2.00 bits per heavy atom. The molecule has 156 valence electrons.